The summed E-state index contributed by atoms with van der Waals surface area (Å²) in [5.74, 6) is 0.0787. The van der Waals surface area contributed by atoms with E-state index in [1.165, 1.54) is 0 Å². The Hall–Kier alpha value is -0.120. The highest BCUT2D eigenvalue weighted by atomic mass is 16.5. The Morgan fingerprint density at radius 1 is 1.22 bits per heavy atom. The summed E-state index contributed by atoms with van der Waals surface area (Å²) >= 11 is 0. The minimum Gasteiger partial charge on any atom is -0.393 e. The van der Waals surface area contributed by atoms with Crippen molar-refractivity contribution in [1.82, 2.24) is 5.48 Å². The van der Waals surface area contributed by atoms with E-state index in [2.05, 4.69) is 5.48 Å². The van der Waals surface area contributed by atoms with Crippen molar-refractivity contribution in [2.45, 2.75) is 32.9 Å². The Morgan fingerprint density at radius 3 is 1.78 bits per heavy atom. The number of hydroxylamine groups is 1. The molecule has 0 aliphatic carbocycles. The normalized spacial score (nSPS) is 21.0. The van der Waals surface area contributed by atoms with Gasteiger partial charge in [-0.1, -0.05) is 6.92 Å². The fraction of sp³-hybridized carbons (Fsp3) is 1.00. The molecule has 0 fully saturated rings. The van der Waals surface area contributed by atoms with Gasteiger partial charge in [0.1, 0.15) is 0 Å². The van der Waals surface area contributed by atoms with Crippen molar-refractivity contribution >= 4 is 0 Å². The number of nitrogens with one attached hydrogen (secondary N) is 1. The molecule has 0 amide bonds. The summed E-state index contributed by atoms with van der Waals surface area (Å²) in [7, 11) is 0. The smallest absolute Gasteiger partial charge is 0.0553 e. The van der Waals surface area contributed by atoms with Gasteiger partial charge >= 0.3 is 0 Å². The van der Waals surface area contributed by atoms with E-state index in [9.17, 15) is 0 Å². The molecule has 0 aromatic rings. The summed E-state index contributed by atoms with van der Waals surface area (Å²) in [5.41, 5.74) is 2.09. The molecule has 0 aromatic heterocycles. The molecule has 0 rings (SSSR count). The highest BCUT2D eigenvalue weighted by molar-refractivity contribution is 4.68. The zero-order valence-corrected chi connectivity index (χ0v) is 6.13. The second-order valence-corrected chi connectivity index (χ2v) is 2.52. The van der Waals surface area contributed by atoms with E-state index in [1.54, 1.807) is 6.92 Å². The Balaban J connectivity index is 3.58. The van der Waals surface area contributed by atoms with Gasteiger partial charge in [-0.05, 0) is 19.8 Å². The summed E-state index contributed by atoms with van der Waals surface area (Å²) in [6.45, 7) is 5.40. The molecule has 0 radical (unpaired) electrons. The van der Waals surface area contributed by atoms with Crippen LogP contribution in [0.15, 0.2) is 0 Å². The summed E-state index contributed by atoms with van der Waals surface area (Å²) < 4.78 is 0. The van der Waals surface area contributed by atoms with Crippen LogP contribution in [0.4, 0.5) is 0 Å². The molecule has 0 saturated heterocycles. The zero-order chi connectivity index (χ0) is 7.44. The summed E-state index contributed by atoms with van der Waals surface area (Å²) in [6.07, 6.45) is -0.375. The van der Waals surface area contributed by atoms with E-state index in [-0.39, 0.29) is 18.1 Å². The minimum atomic E-state index is -0.375. The molecule has 0 spiro atoms. The Bertz CT molecular complexity index is 75.5. The lowest BCUT2D eigenvalue weighted by atomic mass is 9.99. The lowest BCUT2D eigenvalue weighted by Gasteiger charge is -2.20. The van der Waals surface area contributed by atoms with Gasteiger partial charge in [-0.15, -0.1) is 0 Å². The molecule has 0 aliphatic rings. The molecule has 3 heteroatoms. The van der Waals surface area contributed by atoms with Crippen LogP contribution in [0.1, 0.15) is 20.8 Å². The van der Waals surface area contributed by atoms with Gasteiger partial charge in [-0.2, -0.15) is 0 Å². The van der Waals surface area contributed by atoms with Gasteiger partial charge in [0.25, 0.3) is 0 Å². The van der Waals surface area contributed by atoms with Crippen LogP contribution in [0.25, 0.3) is 0 Å². The topological polar surface area (TPSA) is 52.5 Å². The van der Waals surface area contributed by atoms with Crippen LogP contribution < -0.4 is 5.48 Å². The molecule has 0 heterocycles. The number of hydrogen-bond donors (Lipinski definition) is 3. The van der Waals surface area contributed by atoms with E-state index < -0.39 is 0 Å². The number of rotatable bonds is 3. The Labute approximate surface area is 55.7 Å². The highest BCUT2D eigenvalue weighted by Gasteiger charge is 2.15. The van der Waals surface area contributed by atoms with Crippen molar-refractivity contribution in [1.29, 1.82) is 0 Å². The maximum absolute atomic E-state index is 8.97. The first-order valence-electron chi connectivity index (χ1n) is 3.17. The SMILES string of the molecule is CC(O)C(C)C(C)NO. The van der Waals surface area contributed by atoms with Crippen LogP contribution in [0, 0.1) is 5.92 Å². The van der Waals surface area contributed by atoms with Crippen LogP contribution in [-0.2, 0) is 0 Å². The minimum absolute atomic E-state index is 0.0509. The average Bonchev–Trinajstić information content (AvgIpc) is 1.84. The van der Waals surface area contributed by atoms with Crippen LogP contribution in [0.2, 0.25) is 0 Å². The van der Waals surface area contributed by atoms with E-state index >= 15 is 0 Å². The predicted molar refractivity (Wildman–Crippen MR) is 35.2 cm³/mol. The zero-order valence-electron chi connectivity index (χ0n) is 6.13. The summed E-state index contributed by atoms with van der Waals surface area (Å²) in [4.78, 5) is 0. The predicted octanol–water partition coefficient (Wildman–Crippen LogP) is 0.371. The second kappa shape index (κ2) is 3.82. The largest absolute Gasteiger partial charge is 0.393 e. The highest BCUT2D eigenvalue weighted by Crippen LogP contribution is 2.06. The third kappa shape index (κ3) is 2.79. The van der Waals surface area contributed by atoms with Crippen LogP contribution in [0.5, 0.6) is 0 Å². The lowest BCUT2D eigenvalue weighted by molar-refractivity contribution is 0.0531. The first kappa shape index (κ1) is 8.88. The van der Waals surface area contributed by atoms with Crippen LogP contribution >= 0.6 is 0 Å². The third-order valence-corrected chi connectivity index (χ3v) is 1.75. The molecular formula is C6H15NO2. The van der Waals surface area contributed by atoms with Gasteiger partial charge in [-0.3, -0.25) is 0 Å². The molecule has 3 nitrogen and oxygen atoms in total. The molecule has 3 unspecified atom stereocenters. The summed E-state index contributed by atoms with van der Waals surface area (Å²) in [6, 6.07) is -0.0509. The molecule has 0 aromatic carbocycles. The number of aliphatic hydroxyl groups is 1. The van der Waals surface area contributed by atoms with Crippen molar-refractivity contribution in [3.05, 3.63) is 0 Å². The molecule has 0 saturated carbocycles. The maximum Gasteiger partial charge on any atom is 0.0553 e. The first-order chi connectivity index (χ1) is 4.09. The van der Waals surface area contributed by atoms with Crippen molar-refractivity contribution in [2.24, 2.45) is 5.92 Å². The fourth-order valence-electron chi connectivity index (χ4n) is 0.535. The Morgan fingerprint density at radius 2 is 1.67 bits per heavy atom. The average molecular weight is 133 g/mol. The lowest BCUT2D eigenvalue weighted by Crippen LogP contribution is -2.35. The van der Waals surface area contributed by atoms with E-state index in [0.29, 0.717) is 0 Å². The van der Waals surface area contributed by atoms with Gasteiger partial charge in [-0.25, -0.2) is 5.48 Å². The quantitative estimate of drug-likeness (QED) is 0.487. The fourth-order valence-corrected chi connectivity index (χ4v) is 0.535. The maximum atomic E-state index is 8.97. The van der Waals surface area contributed by atoms with Crippen molar-refractivity contribution in [3.63, 3.8) is 0 Å². The molecular weight excluding hydrogens is 118 g/mol. The summed E-state index contributed by atoms with van der Waals surface area (Å²) in [5, 5.41) is 17.4. The van der Waals surface area contributed by atoms with E-state index in [4.69, 9.17) is 10.3 Å². The second-order valence-electron chi connectivity index (χ2n) is 2.52. The van der Waals surface area contributed by atoms with Gasteiger partial charge in [0, 0.05) is 6.04 Å². The van der Waals surface area contributed by atoms with Gasteiger partial charge in [0.15, 0.2) is 0 Å². The third-order valence-electron chi connectivity index (χ3n) is 1.75. The van der Waals surface area contributed by atoms with Gasteiger partial charge in [0.2, 0.25) is 0 Å². The van der Waals surface area contributed by atoms with Gasteiger partial charge < -0.3 is 10.3 Å². The number of hydrogen-bond acceptors (Lipinski definition) is 3. The molecule has 0 aliphatic heterocycles. The monoisotopic (exact) mass is 133 g/mol. The molecule has 3 N–H and O–H groups in total. The standard InChI is InChI=1S/C6H15NO2/c1-4(6(3)8)5(2)7-9/h4-9H,1-3H3. The van der Waals surface area contributed by atoms with Crippen molar-refractivity contribution < 1.29 is 10.3 Å². The molecule has 56 valence electrons. The van der Waals surface area contributed by atoms with Crippen LogP contribution in [0.3, 0.4) is 0 Å². The molecule has 3 atom stereocenters. The molecule has 9 heavy (non-hydrogen) atoms. The van der Waals surface area contributed by atoms with Crippen LogP contribution in [-0.4, -0.2) is 22.5 Å². The van der Waals surface area contributed by atoms with Crippen molar-refractivity contribution in [3.8, 4) is 0 Å². The van der Waals surface area contributed by atoms with E-state index in [1.807, 2.05) is 13.8 Å². The van der Waals surface area contributed by atoms with E-state index in [0.717, 1.165) is 0 Å². The molecule has 0 bridgehead atoms. The first-order valence-corrected chi connectivity index (χ1v) is 3.17. The van der Waals surface area contributed by atoms with Crippen molar-refractivity contribution in [2.75, 3.05) is 0 Å². The number of aliphatic hydroxyl groups excluding tert-OH is 1. The van der Waals surface area contributed by atoms with Gasteiger partial charge in [0.05, 0.1) is 6.10 Å². The Kier molecular flexibility index (Phi) is 3.77.